The lowest BCUT2D eigenvalue weighted by Crippen LogP contribution is -2.53. The van der Waals surface area contributed by atoms with E-state index < -0.39 is 21.7 Å². The number of hydrogen-bond donors (Lipinski definition) is 1. The van der Waals surface area contributed by atoms with Crippen LogP contribution in [0.25, 0.3) is 11.0 Å². The van der Waals surface area contributed by atoms with Gasteiger partial charge in [0.2, 0.25) is 0 Å². The number of rotatable bonds is 8. The highest BCUT2D eigenvalue weighted by Gasteiger charge is 2.32. The van der Waals surface area contributed by atoms with Crippen molar-refractivity contribution in [3.05, 3.63) is 67.6 Å². The predicted octanol–water partition coefficient (Wildman–Crippen LogP) is 2.82. The van der Waals surface area contributed by atoms with Crippen LogP contribution in [-0.2, 0) is 27.9 Å². The molecule has 3 aliphatic rings. The molecule has 14 heteroatoms. The van der Waals surface area contributed by atoms with Gasteiger partial charge >= 0.3 is 15.8 Å². The Hall–Kier alpha value is -3.98. The lowest BCUT2D eigenvalue weighted by molar-refractivity contribution is 0.0732. The van der Waals surface area contributed by atoms with Gasteiger partial charge in [-0.2, -0.15) is 12.7 Å². The summed E-state index contributed by atoms with van der Waals surface area (Å²) in [5.74, 6) is -1.01. The Bertz CT molecular complexity index is 2000. The first-order chi connectivity index (χ1) is 23.7. The molecule has 2 aromatic carbocycles. The highest BCUT2D eigenvalue weighted by molar-refractivity contribution is 7.87. The van der Waals surface area contributed by atoms with Crippen molar-refractivity contribution in [1.29, 1.82) is 0 Å². The Morgan fingerprint density at radius 3 is 2.36 bits per heavy atom. The van der Waals surface area contributed by atoms with Crippen LogP contribution in [0.5, 0.6) is 0 Å². The van der Waals surface area contributed by atoms with Gasteiger partial charge in [-0.25, -0.2) is 9.52 Å². The molecule has 3 aromatic rings. The summed E-state index contributed by atoms with van der Waals surface area (Å²) >= 11 is 0. The minimum atomic E-state index is -4.02. The number of nitrogens with one attached hydrogen (secondary N) is 1. The van der Waals surface area contributed by atoms with Gasteiger partial charge in [0, 0.05) is 82.7 Å². The smallest absolute Gasteiger partial charge is 0.341 e. The molecule has 4 heterocycles. The van der Waals surface area contributed by atoms with Gasteiger partial charge in [0.15, 0.2) is 0 Å². The molecule has 0 unspecified atom stereocenters. The first kappa shape index (κ1) is 35.8. The van der Waals surface area contributed by atoms with Crippen LogP contribution in [0.4, 0.5) is 11.4 Å². The number of nitrogens with zero attached hydrogens (tertiary/aromatic N) is 5. The van der Waals surface area contributed by atoms with E-state index in [2.05, 4.69) is 34.6 Å². The van der Waals surface area contributed by atoms with Crippen molar-refractivity contribution in [3.8, 4) is 0 Å². The predicted molar refractivity (Wildman–Crippen MR) is 194 cm³/mol. The largest absolute Gasteiger partial charge is 0.422 e. The monoisotopic (exact) mass is 708 g/mol. The second kappa shape index (κ2) is 14.0. The summed E-state index contributed by atoms with van der Waals surface area (Å²) in [7, 11) is 2.50. The summed E-state index contributed by atoms with van der Waals surface area (Å²) in [6.45, 7) is 10.8. The van der Waals surface area contributed by atoms with Crippen LogP contribution < -0.4 is 20.1 Å². The minimum Gasteiger partial charge on any atom is -0.422 e. The standard InChI is InChI=1S/C36H48N6O7S/c1-22-16-25(18-30(40-11-8-9-12-40)32(22)34(43)37-50(46,47)38(4)5)35(44)42-13-10-27-28(20-42)36(45)49-33-24(3)29(17-23(2)31(27)33)41-15-14-39(6)26(19-41)21-48-7/h16-18,26H,8-15,19-21H2,1-7H3,(H,37,43)/t26-/m1/s1. The molecule has 6 rings (SSSR count). The van der Waals surface area contributed by atoms with Crippen LogP contribution in [0.15, 0.2) is 27.4 Å². The Kier molecular flexibility index (Phi) is 10.0. The molecule has 13 nitrogen and oxygen atoms in total. The van der Waals surface area contributed by atoms with Crippen molar-refractivity contribution >= 4 is 44.4 Å². The van der Waals surface area contributed by atoms with E-state index in [-0.39, 0.29) is 24.1 Å². The Morgan fingerprint density at radius 1 is 0.960 bits per heavy atom. The molecule has 50 heavy (non-hydrogen) atoms. The number of ether oxygens (including phenoxy) is 1. The molecule has 0 spiro atoms. The Balaban J connectivity index is 1.31. The van der Waals surface area contributed by atoms with Gasteiger partial charge in [0.1, 0.15) is 5.58 Å². The van der Waals surface area contributed by atoms with Crippen LogP contribution >= 0.6 is 0 Å². The van der Waals surface area contributed by atoms with Gasteiger partial charge in [-0.05, 0) is 82.0 Å². The maximum absolute atomic E-state index is 14.1. The SMILES string of the molecule is COC[C@H]1CN(c2cc(C)c3c4c(c(=O)oc3c2C)CN(C(=O)c2cc(C)c(C(=O)NS(=O)(=O)N(C)C)c(N3CCCC3)c2)CC4)CCN1C. The number of carbonyl (C=O) groups excluding carboxylic acids is 2. The average Bonchev–Trinajstić information content (AvgIpc) is 3.61. The molecule has 0 aliphatic carbocycles. The summed E-state index contributed by atoms with van der Waals surface area (Å²) < 4.78 is 39.6. The van der Waals surface area contributed by atoms with Gasteiger partial charge in [0.05, 0.1) is 36.0 Å². The fourth-order valence-corrected chi connectivity index (χ4v) is 8.15. The highest BCUT2D eigenvalue weighted by Crippen LogP contribution is 2.37. The van der Waals surface area contributed by atoms with Crippen molar-refractivity contribution in [3.63, 3.8) is 0 Å². The fraction of sp³-hybridized carbons (Fsp3) is 0.528. The second-order valence-corrected chi connectivity index (χ2v) is 15.9. The van der Waals surface area contributed by atoms with Crippen LogP contribution in [0.1, 0.15) is 61.4 Å². The third-order valence-corrected chi connectivity index (χ3v) is 11.9. The third-order valence-electron chi connectivity index (χ3n) is 10.5. The summed E-state index contributed by atoms with van der Waals surface area (Å²) in [4.78, 5) is 49.4. The number of hydrogen-bond acceptors (Lipinski definition) is 10. The topological polar surface area (TPSA) is 136 Å². The van der Waals surface area contributed by atoms with E-state index >= 15 is 0 Å². The van der Waals surface area contributed by atoms with Gasteiger partial charge in [-0.1, -0.05) is 0 Å². The van der Waals surface area contributed by atoms with Gasteiger partial charge in [-0.3, -0.25) is 14.5 Å². The average molecular weight is 709 g/mol. The molecule has 0 bridgehead atoms. The summed E-state index contributed by atoms with van der Waals surface area (Å²) in [6.07, 6.45) is 2.34. The molecule has 1 atom stereocenters. The number of fused-ring (bicyclic) bond motifs is 3. The first-order valence-corrected chi connectivity index (χ1v) is 18.6. The summed E-state index contributed by atoms with van der Waals surface area (Å²) in [5.41, 5.74) is 6.18. The summed E-state index contributed by atoms with van der Waals surface area (Å²) in [6, 6.07) is 5.75. The number of methoxy groups -OCH3 is 1. The van der Waals surface area contributed by atoms with Crippen molar-refractivity contribution in [2.75, 3.05) is 83.9 Å². The molecule has 1 N–H and O–H groups in total. The summed E-state index contributed by atoms with van der Waals surface area (Å²) in [5, 5.41) is 0.936. The first-order valence-electron chi connectivity index (χ1n) is 17.2. The molecule has 2 amide bonds. The normalized spacial score (nSPS) is 18.6. The zero-order valence-corrected chi connectivity index (χ0v) is 30.9. The van der Waals surface area contributed by atoms with Crippen molar-refractivity contribution in [2.45, 2.75) is 52.6 Å². The van der Waals surface area contributed by atoms with Crippen LogP contribution in [0, 0.1) is 20.8 Å². The zero-order valence-electron chi connectivity index (χ0n) is 30.1. The molecule has 2 fully saturated rings. The number of likely N-dealkylation sites (N-methyl/N-ethyl adjacent to an activating group) is 1. The van der Waals surface area contributed by atoms with Crippen molar-refractivity contribution in [2.24, 2.45) is 0 Å². The van der Waals surface area contributed by atoms with Crippen LogP contribution in [0.3, 0.4) is 0 Å². The molecule has 2 saturated heterocycles. The zero-order chi connectivity index (χ0) is 36.1. The van der Waals surface area contributed by atoms with Crippen molar-refractivity contribution < 1.29 is 27.2 Å². The molecular formula is C36H48N6O7S. The van der Waals surface area contributed by atoms with Gasteiger partial charge < -0.3 is 23.9 Å². The number of piperazine rings is 1. The lowest BCUT2D eigenvalue weighted by atomic mass is 9.92. The number of aryl methyl sites for hydroxylation is 3. The van der Waals surface area contributed by atoms with E-state index in [1.54, 1.807) is 31.1 Å². The van der Waals surface area contributed by atoms with E-state index in [0.717, 1.165) is 64.5 Å². The van der Waals surface area contributed by atoms with E-state index in [1.807, 2.05) is 11.8 Å². The number of benzene rings is 2. The van der Waals surface area contributed by atoms with E-state index in [1.165, 1.54) is 14.1 Å². The second-order valence-electron chi connectivity index (χ2n) is 14.0. The van der Waals surface area contributed by atoms with Crippen molar-refractivity contribution in [1.82, 2.24) is 18.8 Å². The number of carbonyl (C=O) groups is 2. The quantitative estimate of drug-likeness (QED) is 0.348. The number of anilines is 2. The molecule has 270 valence electrons. The highest BCUT2D eigenvalue weighted by atomic mass is 32.2. The third kappa shape index (κ3) is 6.61. The minimum absolute atomic E-state index is 0.102. The Labute approximate surface area is 293 Å². The lowest BCUT2D eigenvalue weighted by Gasteiger charge is -2.41. The van der Waals surface area contributed by atoms with Crippen LogP contribution in [0.2, 0.25) is 0 Å². The van der Waals surface area contributed by atoms with E-state index in [9.17, 15) is 22.8 Å². The van der Waals surface area contributed by atoms with Gasteiger partial charge in [-0.15, -0.1) is 0 Å². The Morgan fingerprint density at radius 2 is 1.68 bits per heavy atom. The van der Waals surface area contributed by atoms with Crippen LogP contribution in [-0.4, -0.2) is 115 Å². The molecule has 0 saturated carbocycles. The fourth-order valence-electron chi connectivity index (χ4n) is 7.63. The molecular weight excluding hydrogens is 660 g/mol. The molecule has 0 radical (unpaired) electrons. The molecule has 1 aromatic heterocycles. The maximum atomic E-state index is 14.1. The maximum Gasteiger partial charge on any atom is 0.341 e. The number of amides is 2. The van der Waals surface area contributed by atoms with E-state index in [4.69, 9.17) is 9.15 Å². The molecule has 3 aliphatic heterocycles. The van der Waals surface area contributed by atoms with Gasteiger partial charge in [0.25, 0.3) is 11.8 Å². The van der Waals surface area contributed by atoms with E-state index in [0.29, 0.717) is 60.6 Å².